The molecule has 0 bridgehead atoms. The molecule has 1 aromatic heterocycles. The standard InChI is InChI=1S/C30H29ClN4O5S/c1-5-10-22-25(29(38)40-6-2)26(21-15-18(31)13-14-23(21)39-4)34-28(37)24(41-30(34)32-22)16-20-17(3)33-35(27(20)36)19-11-8-7-9-12-19/h7-9,11-16,20,26H,5-6,10H2,1-4H3/b24-16-/t20-,26-/m0/s1. The number of carbonyl (C=O) groups excluding carboxylic acids is 2. The van der Waals surface area contributed by atoms with E-state index >= 15 is 0 Å². The third-order valence-electron chi connectivity index (χ3n) is 6.88. The molecule has 2 aliphatic heterocycles. The number of hydrogen-bond acceptors (Lipinski definition) is 8. The Labute approximate surface area is 245 Å². The highest BCUT2D eigenvalue weighted by Gasteiger charge is 2.37. The van der Waals surface area contributed by atoms with Crippen molar-refractivity contribution in [2.45, 2.75) is 39.7 Å². The zero-order valence-electron chi connectivity index (χ0n) is 23.1. The first kappa shape index (κ1) is 28.5. The number of allylic oxidation sites excluding steroid dienone is 1. The summed E-state index contributed by atoms with van der Waals surface area (Å²) in [6, 6.07) is 13.3. The molecule has 2 aliphatic rings. The van der Waals surface area contributed by atoms with Crippen molar-refractivity contribution >= 4 is 52.3 Å². The number of amides is 1. The van der Waals surface area contributed by atoms with Crippen molar-refractivity contribution in [3.8, 4) is 5.75 Å². The monoisotopic (exact) mass is 592 g/mol. The summed E-state index contributed by atoms with van der Waals surface area (Å²) >= 11 is 7.57. The zero-order chi connectivity index (χ0) is 29.3. The molecule has 1 amide bonds. The van der Waals surface area contributed by atoms with E-state index in [0.29, 0.717) is 49.2 Å². The number of fused-ring (bicyclic) bond motifs is 1. The van der Waals surface area contributed by atoms with Gasteiger partial charge < -0.3 is 9.47 Å². The summed E-state index contributed by atoms with van der Waals surface area (Å²) in [5.74, 6) is -1.09. The third kappa shape index (κ3) is 5.25. The summed E-state index contributed by atoms with van der Waals surface area (Å²) < 4.78 is 12.9. The van der Waals surface area contributed by atoms with E-state index in [1.54, 1.807) is 50.3 Å². The molecule has 0 saturated heterocycles. The molecule has 41 heavy (non-hydrogen) atoms. The number of ether oxygens (including phenoxy) is 2. The van der Waals surface area contributed by atoms with Crippen LogP contribution in [0, 0.1) is 5.92 Å². The summed E-state index contributed by atoms with van der Waals surface area (Å²) in [7, 11) is 1.52. The van der Waals surface area contributed by atoms with Gasteiger partial charge in [-0.15, -0.1) is 0 Å². The number of benzene rings is 2. The van der Waals surface area contributed by atoms with Crippen molar-refractivity contribution in [2.24, 2.45) is 16.0 Å². The average Bonchev–Trinajstić information content (AvgIpc) is 3.43. The van der Waals surface area contributed by atoms with Gasteiger partial charge in [-0.1, -0.05) is 54.5 Å². The molecule has 0 fully saturated rings. The molecular weight excluding hydrogens is 564 g/mol. The van der Waals surface area contributed by atoms with Gasteiger partial charge in [0.15, 0.2) is 4.80 Å². The van der Waals surface area contributed by atoms with E-state index in [4.69, 9.17) is 26.1 Å². The van der Waals surface area contributed by atoms with Crippen LogP contribution in [-0.4, -0.2) is 35.9 Å². The van der Waals surface area contributed by atoms with Gasteiger partial charge in [0.2, 0.25) is 0 Å². The minimum Gasteiger partial charge on any atom is -0.496 e. The molecule has 2 aromatic carbocycles. The second-order valence-corrected chi connectivity index (χ2v) is 11.0. The molecule has 212 valence electrons. The lowest BCUT2D eigenvalue weighted by atomic mass is 9.93. The minimum absolute atomic E-state index is 0.159. The SMILES string of the molecule is CCCC1=C(C(=O)OCC)[C@H](c2cc(Cl)ccc2OC)n2c(s/c(=C\[C@@H]3C(=O)N(c4ccccc4)N=C3C)c2=O)=N1. The van der Waals surface area contributed by atoms with Gasteiger partial charge in [-0.2, -0.15) is 10.1 Å². The quantitative estimate of drug-likeness (QED) is 0.364. The van der Waals surface area contributed by atoms with E-state index in [-0.39, 0.29) is 18.1 Å². The lowest BCUT2D eigenvalue weighted by Crippen LogP contribution is -2.40. The first-order valence-electron chi connectivity index (χ1n) is 13.3. The Kier molecular flexibility index (Phi) is 8.23. The van der Waals surface area contributed by atoms with E-state index in [1.165, 1.54) is 28.0 Å². The number of hydrogen-bond donors (Lipinski definition) is 0. The van der Waals surface area contributed by atoms with Crippen LogP contribution in [0.1, 0.15) is 45.2 Å². The number of nitrogens with zero attached hydrogens (tertiary/aromatic N) is 4. The van der Waals surface area contributed by atoms with Crippen LogP contribution in [0.2, 0.25) is 5.02 Å². The molecule has 0 radical (unpaired) electrons. The fourth-order valence-electron chi connectivity index (χ4n) is 5.03. The number of anilines is 1. The average molecular weight is 593 g/mol. The van der Waals surface area contributed by atoms with Crippen LogP contribution in [0.15, 0.2) is 74.7 Å². The van der Waals surface area contributed by atoms with Gasteiger partial charge in [0, 0.05) is 10.6 Å². The van der Waals surface area contributed by atoms with Gasteiger partial charge in [0.05, 0.1) is 40.9 Å². The van der Waals surface area contributed by atoms with Crippen molar-refractivity contribution in [1.82, 2.24) is 4.57 Å². The summed E-state index contributed by atoms with van der Waals surface area (Å²) in [6.07, 6.45) is 2.85. The maximum Gasteiger partial charge on any atom is 0.338 e. The molecule has 3 aromatic rings. The van der Waals surface area contributed by atoms with Crippen molar-refractivity contribution < 1.29 is 19.1 Å². The molecule has 0 aliphatic carbocycles. The first-order valence-corrected chi connectivity index (χ1v) is 14.5. The Balaban J connectivity index is 1.71. The number of halogens is 1. The van der Waals surface area contributed by atoms with Crippen molar-refractivity contribution in [3.05, 3.63) is 90.1 Å². The van der Waals surface area contributed by atoms with E-state index in [2.05, 4.69) is 5.10 Å². The largest absolute Gasteiger partial charge is 0.496 e. The summed E-state index contributed by atoms with van der Waals surface area (Å²) in [5, 5.41) is 6.23. The maximum absolute atomic E-state index is 14.1. The highest BCUT2D eigenvalue weighted by molar-refractivity contribution is 7.07. The second kappa shape index (κ2) is 11.8. The van der Waals surface area contributed by atoms with E-state index in [0.717, 1.165) is 6.42 Å². The zero-order valence-corrected chi connectivity index (χ0v) is 24.7. The lowest BCUT2D eigenvalue weighted by Gasteiger charge is -2.27. The molecule has 0 spiro atoms. The van der Waals surface area contributed by atoms with Gasteiger partial charge in [-0.05, 0) is 56.7 Å². The molecule has 0 unspecified atom stereocenters. The number of methoxy groups -OCH3 is 1. The van der Waals surface area contributed by atoms with Gasteiger partial charge >= 0.3 is 5.97 Å². The fourth-order valence-corrected chi connectivity index (χ4v) is 6.23. The third-order valence-corrected chi connectivity index (χ3v) is 8.12. The number of carbonyl (C=O) groups is 2. The Morgan fingerprint density at radius 2 is 1.90 bits per heavy atom. The van der Waals surface area contributed by atoms with E-state index in [1.807, 2.05) is 25.1 Å². The second-order valence-electron chi connectivity index (χ2n) is 9.53. The van der Waals surface area contributed by atoms with Crippen molar-refractivity contribution in [3.63, 3.8) is 0 Å². The highest BCUT2D eigenvalue weighted by atomic mass is 35.5. The van der Waals surface area contributed by atoms with Crippen LogP contribution < -0.4 is 24.6 Å². The van der Waals surface area contributed by atoms with E-state index in [9.17, 15) is 14.4 Å². The number of thiazole rings is 1. The van der Waals surface area contributed by atoms with Crippen molar-refractivity contribution in [1.29, 1.82) is 0 Å². The number of hydrazone groups is 1. The summed E-state index contributed by atoms with van der Waals surface area (Å²) in [4.78, 5) is 46.1. The molecule has 9 nitrogen and oxygen atoms in total. The molecule has 5 rings (SSSR count). The van der Waals surface area contributed by atoms with Crippen LogP contribution in [0.4, 0.5) is 5.69 Å². The van der Waals surface area contributed by atoms with Crippen LogP contribution in [0.25, 0.3) is 6.08 Å². The summed E-state index contributed by atoms with van der Waals surface area (Å²) in [6.45, 7) is 5.63. The fraction of sp³-hybridized carbons (Fsp3) is 0.300. The number of esters is 1. The van der Waals surface area contributed by atoms with Gasteiger partial charge in [0.1, 0.15) is 17.7 Å². The number of rotatable bonds is 8. The molecular formula is C30H29ClN4O5S. The lowest BCUT2D eigenvalue weighted by molar-refractivity contribution is -0.139. The van der Waals surface area contributed by atoms with Crippen LogP contribution in [0.3, 0.4) is 0 Å². The Morgan fingerprint density at radius 1 is 1.15 bits per heavy atom. The van der Waals surface area contributed by atoms with Crippen LogP contribution in [0.5, 0.6) is 5.75 Å². The summed E-state index contributed by atoms with van der Waals surface area (Å²) in [5.41, 5.74) is 2.15. The molecule has 11 heteroatoms. The van der Waals surface area contributed by atoms with Crippen LogP contribution >= 0.6 is 22.9 Å². The molecule has 0 saturated carbocycles. The molecule has 3 heterocycles. The predicted molar refractivity (Wildman–Crippen MR) is 159 cm³/mol. The van der Waals surface area contributed by atoms with Crippen molar-refractivity contribution in [2.75, 3.05) is 18.7 Å². The number of aromatic nitrogens is 1. The Hall–Kier alpha value is -4.02. The maximum atomic E-state index is 14.1. The first-order chi connectivity index (χ1) is 19.8. The minimum atomic E-state index is -0.891. The Morgan fingerprint density at radius 3 is 2.59 bits per heavy atom. The molecule has 2 atom stereocenters. The smallest absolute Gasteiger partial charge is 0.338 e. The van der Waals surface area contributed by atoms with Gasteiger partial charge in [-0.3, -0.25) is 14.2 Å². The topological polar surface area (TPSA) is 103 Å². The van der Waals surface area contributed by atoms with Gasteiger partial charge in [-0.25, -0.2) is 9.79 Å². The molecule has 0 N–H and O–H groups in total. The van der Waals surface area contributed by atoms with E-state index < -0.39 is 23.5 Å². The highest BCUT2D eigenvalue weighted by Crippen LogP contribution is 2.38. The Bertz CT molecular complexity index is 1760. The predicted octanol–water partition coefficient (Wildman–Crippen LogP) is 4.23. The van der Waals surface area contributed by atoms with Crippen LogP contribution in [-0.2, 0) is 14.3 Å². The normalized spacial score (nSPS) is 18.8. The van der Waals surface area contributed by atoms with Gasteiger partial charge in [0.25, 0.3) is 11.5 Å². The number of para-hydroxylation sites is 1.